The predicted octanol–water partition coefficient (Wildman–Crippen LogP) is 4.46. The van der Waals surface area contributed by atoms with Gasteiger partial charge in [0, 0.05) is 11.6 Å². The molecule has 0 amide bonds. The summed E-state index contributed by atoms with van der Waals surface area (Å²) in [5, 5.41) is 3.44. The average molecular weight is 279 g/mol. The zero-order valence-corrected chi connectivity index (χ0v) is 12.6. The third-order valence-electron chi connectivity index (χ3n) is 4.33. The molecule has 1 N–H and O–H groups in total. The lowest BCUT2D eigenvalue weighted by Crippen LogP contribution is -2.25. The van der Waals surface area contributed by atoms with E-state index in [4.69, 9.17) is 4.74 Å². The molecule has 1 fully saturated rings. The molecule has 0 heterocycles. The molecule has 1 unspecified atom stereocenters. The van der Waals surface area contributed by atoms with Crippen molar-refractivity contribution in [2.75, 3.05) is 13.7 Å². The van der Waals surface area contributed by atoms with Gasteiger partial charge in [0.1, 0.15) is 0 Å². The van der Waals surface area contributed by atoms with E-state index in [0.717, 1.165) is 24.4 Å². The number of ether oxygens (including phenoxy) is 1. The molecule has 0 radical (unpaired) electrons. The van der Waals surface area contributed by atoms with Crippen LogP contribution in [0.5, 0.6) is 5.75 Å². The van der Waals surface area contributed by atoms with Crippen molar-refractivity contribution < 1.29 is 9.13 Å². The van der Waals surface area contributed by atoms with Crippen molar-refractivity contribution in [1.82, 2.24) is 5.32 Å². The molecule has 20 heavy (non-hydrogen) atoms. The lowest BCUT2D eigenvalue weighted by atomic mass is 9.83. The highest BCUT2D eigenvalue weighted by Gasteiger charge is 2.23. The molecule has 112 valence electrons. The summed E-state index contributed by atoms with van der Waals surface area (Å²) in [6.45, 7) is 2.93. The maximum absolute atomic E-state index is 14.4. The lowest BCUT2D eigenvalue weighted by Gasteiger charge is -2.27. The Morgan fingerprint density at radius 1 is 1.30 bits per heavy atom. The summed E-state index contributed by atoms with van der Waals surface area (Å²) in [5.41, 5.74) is 0.747. The third-order valence-corrected chi connectivity index (χ3v) is 4.33. The van der Waals surface area contributed by atoms with Crippen LogP contribution in [0.2, 0.25) is 0 Å². The zero-order valence-electron chi connectivity index (χ0n) is 12.6. The van der Waals surface area contributed by atoms with Gasteiger partial charge >= 0.3 is 0 Å². The smallest absolute Gasteiger partial charge is 0.169 e. The Balaban J connectivity index is 2.14. The SMILES string of the molecule is CCNC(CC1CCCCC1)c1cccc(OC)c1F. The topological polar surface area (TPSA) is 21.3 Å². The molecular formula is C17H26FNO. The first-order chi connectivity index (χ1) is 9.76. The standard InChI is InChI=1S/C17H26FNO/c1-3-19-15(12-13-8-5-4-6-9-13)14-10-7-11-16(20-2)17(14)18/h7,10-11,13,15,19H,3-6,8-9,12H2,1-2H3. The van der Waals surface area contributed by atoms with Gasteiger partial charge in [-0.1, -0.05) is 51.2 Å². The molecule has 2 nitrogen and oxygen atoms in total. The second-order valence-electron chi connectivity index (χ2n) is 5.71. The Bertz CT molecular complexity index is 415. The summed E-state index contributed by atoms with van der Waals surface area (Å²) < 4.78 is 19.5. The first-order valence-electron chi connectivity index (χ1n) is 7.82. The van der Waals surface area contributed by atoms with Crippen LogP contribution in [-0.2, 0) is 0 Å². The molecule has 0 aliphatic heterocycles. The average Bonchev–Trinajstić information content (AvgIpc) is 2.48. The highest BCUT2D eigenvalue weighted by atomic mass is 19.1. The van der Waals surface area contributed by atoms with E-state index in [1.165, 1.54) is 39.2 Å². The van der Waals surface area contributed by atoms with Gasteiger partial charge in [0.05, 0.1) is 7.11 Å². The Morgan fingerprint density at radius 2 is 2.05 bits per heavy atom. The van der Waals surface area contributed by atoms with E-state index in [2.05, 4.69) is 12.2 Å². The first-order valence-corrected chi connectivity index (χ1v) is 7.82. The molecule has 3 heteroatoms. The number of rotatable bonds is 6. The molecular weight excluding hydrogens is 253 g/mol. The number of nitrogens with one attached hydrogen (secondary N) is 1. The number of hydrogen-bond acceptors (Lipinski definition) is 2. The van der Waals surface area contributed by atoms with E-state index in [1.807, 2.05) is 12.1 Å². The third kappa shape index (κ3) is 3.72. The summed E-state index contributed by atoms with van der Waals surface area (Å²) in [7, 11) is 1.52. The fourth-order valence-electron chi connectivity index (χ4n) is 3.28. The molecule has 1 aliphatic rings. The highest BCUT2D eigenvalue weighted by molar-refractivity contribution is 5.33. The predicted molar refractivity (Wildman–Crippen MR) is 80.6 cm³/mol. The monoisotopic (exact) mass is 279 g/mol. The van der Waals surface area contributed by atoms with Gasteiger partial charge in [0.15, 0.2) is 11.6 Å². The van der Waals surface area contributed by atoms with E-state index >= 15 is 0 Å². The van der Waals surface area contributed by atoms with Crippen LogP contribution in [0.25, 0.3) is 0 Å². The number of benzene rings is 1. The summed E-state index contributed by atoms with van der Waals surface area (Å²) in [4.78, 5) is 0. The van der Waals surface area contributed by atoms with Gasteiger partial charge < -0.3 is 10.1 Å². The van der Waals surface area contributed by atoms with Crippen LogP contribution in [0.4, 0.5) is 4.39 Å². The molecule has 0 saturated heterocycles. The molecule has 2 rings (SSSR count). The van der Waals surface area contributed by atoms with E-state index in [9.17, 15) is 4.39 Å². The Morgan fingerprint density at radius 3 is 2.70 bits per heavy atom. The van der Waals surface area contributed by atoms with Gasteiger partial charge in [0.25, 0.3) is 0 Å². The zero-order chi connectivity index (χ0) is 14.4. The summed E-state index contributed by atoms with van der Waals surface area (Å²) in [5.74, 6) is 0.851. The van der Waals surface area contributed by atoms with Crippen LogP contribution in [0.3, 0.4) is 0 Å². The molecule has 0 spiro atoms. The number of hydrogen-bond donors (Lipinski definition) is 1. The molecule has 1 aliphatic carbocycles. The summed E-state index contributed by atoms with van der Waals surface area (Å²) in [6.07, 6.45) is 7.60. The lowest BCUT2D eigenvalue weighted by molar-refractivity contribution is 0.296. The molecule has 0 aromatic heterocycles. The van der Waals surface area contributed by atoms with E-state index in [1.54, 1.807) is 6.07 Å². The van der Waals surface area contributed by atoms with Crippen molar-refractivity contribution in [2.45, 2.75) is 51.5 Å². The van der Waals surface area contributed by atoms with Crippen LogP contribution in [0, 0.1) is 11.7 Å². The molecule has 1 aromatic rings. The maximum atomic E-state index is 14.4. The van der Waals surface area contributed by atoms with Crippen molar-refractivity contribution in [3.8, 4) is 5.75 Å². The number of methoxy groups -OCH3 is 1. The van der Waals surface area contributed by atoms with E-state index in [0.29, 0.717) is 5.75 Å². The van der Waals surface area contributed by atoms with Crippen molar-refractivity contribution in [2.24, 2.45) is 5.92 Å². The van der Waals surface area contributed by atoms with Gasteiger partial charge in [-0.15, -0.1) is 0 Å². The van der Waals surface area contributed by atoms with Crippen LogP contribution in [0.1, 0.15) is 57.1 Å². The minimum atomic E-state index is -0.211. The Hall–Kier alpha value is -1.09. The fourth-order valence-corrected chi connectivity index (χ4v) is 3.28. The normalized spacial score (nSPS) is 17.9. The van der Waals surface area contributed by atoms with Crippen molar-refractivity contribution in [3.63, 3.8) is 0 Å². The second kappa shape index (κ2) is 7.63. The minimum absolute atomic E-state index is 0.0956. The Kier molecular flexibility index (Phi) is 5.84. The molecule has 1 aromatic carbocycles. The number of halogens is 1. The quantitative estimate of drug-likeness (QED) is 0.830. The molecule has 0 bridgehead atoms. The first kappa shape index (κ1) is 15.3. The van der Waals surface area contributed by atoms with Crippen LogP contribution >= 0.6 is 0 Å². The Labute approximate surface area is 121 Å². The maximum Gasteiger partial charge on any atom is 0.169 e. The van der Waals surface area contributed by atoms with Crippen LogP contribution in [-0.4, -0.2) is 13.7 Å². The second-order valence-corrected chi connectivity index (χ2v) is 5.71. The summed E-state index contributed by atoms with van der Waals surface area (Å²) >= 11 is 0. The molecule has 1 atom stereocenters. The minimum Gasteiger partial charge on any atom is -0.494 e. The largest absolute Gasteiger partial charge is 0.494 e. The van der Waals surface area contributed by atoms with Gasteiger partial charge in [-0.05, 0) is 24.9 Å². The van der Waals surface area contributed by atoms with Gasteiger partial charge in [-0.3, -0.25) is 0 Å². The van der Waals surface area contributed by atoms with Crippen molar-refractivity contribution in [1.29, 1.82) is 0 Å². The van der Waals surface area contributed by atoms with Crippen LogP contribution < -0.4 is 10.1 Å². The van der Waals surface area contributed by atoms with Gasteiger partial charge in [-0.2, -0.15) is 0 Å². The van der Waals surface area contributed by atoms with Crippen molar-refractivity contribution >= 4 is 0 Å². The van der Waals surface area contributed by atoms with E-state index < -0.39 is 0 Å². The van der Waals surface area contributed by atoms with Gasteiger partial charge in [0.2, 0.25) is 0 Å². The van der Waals surface area contributed by atoms with Gasteiger partial charge in [-0.25, -0.2) is 4.39 Å². The molecule has 1 saturated carbocycles. The van der Waals surface area contributed by atoms with Crippen molar-refractivity contribution in [3.05, 3.63) is 29.6 Å². The van der Waals surface area contributed by atoms with E-state index in [-0.39, 0.29) is 11.9 Å². The fraction of sp³-hybridized carbons (Fsp3) is 0.647. The van der Waals surface area contributed by atoms with Crippen LogP contribution in [0.15, 0.2) is 18.2 Å². The summed E-state index contributed by atoms with van der Waals surface area (Å²) in [6, 6.07) is 5.54. The highest BCUT2D eigenvalue weighted by Crippen LogP contribution is 2.34.